The molecule has 0 unspecified atom stereocenters. The number of aliphatic hydroxyl groups is 1. The van der Waals surface area contributed by atoms with Crippen molar-refractivity contribution < 1.29 is 18.8 Å². The van der Waals surface area contributed by atoms with Gasteiger partial charge in [-0.3, -0.25) is 4.79 Å². The van der Waals surface area contributed by atoms with Crippen molar-refractivity contribution in [1.29, 1.82) is 0 Å². The van der Waals surface area contributed by atoms with Crippen molar-refractivity contribution in [3.05, 3.63) is 71.4 Å². The summed E-state index contributed by atoms with van der Waals surface area (Å²) in [7, 11) is 0.330. The number of pyridine rings is 1. The Bertz CT molecular complexity index is 1340. The molecule has 0 fully saturated rings. The SMILES string of the molecule is CCCNC(=O)c1cc2c(c(-c3cccc(-c4cccc(OC)c4)c3)n1)[C@@H](CCO)N([S@](=O)C(C)(C)C)C2. The fraction of sp³-hybridized carbons (Fsp3) is 0.400. The topological polar surface area (TPSA) is 91.8 Å². The second-order valence-electron chi connectivity index (χ2n) is 10.5. The molecule has 0 radical (unpaired) electrons. The summed E-state index contributed by atoms with van der Waals surface area (Å²) >= 11 is 0. The number of aliphatic hydroxyl groups excluding tert-OH is 1. The van der Waals surface area contributed by atoms with Gasteiger partial charge < -0.3 is 15.2 Å². The minimum absolute atomic E-state index is 0.0516. The number of carbonyl (C=O) groups excluding carboxylic acids is 1. The lowest BCUT2D eigenvalue weighted by atomic mass is 9.94. The highest BCUT2D eigenvalue weighted by atomic mass is 32.2. The number of nitrogens with zero attached hydrogens (tertiary/aromatic N) is 2. The lowest BCUT2D eigenvalue weighted by Crippen LogP contribution is -2.36. The van der Waals surface area contributed by atoms with E-state index in [0.29, 0.717) is 30.9 Å². The summed E-state index contributed by atoms with van der Waals surface area (Å²) in [6.07, 6.45) is 1.24. The van der Waals surface area contributed by atoms with Gasteiger partial charge in [-0.1, -0.05) is 37.3 Å². The van der Waals surface area contributed by atoms with Gasteiger partial charge in [0.1, 0.15) is 22.4 Å². The Morgan fingerprint density at radius 1 is 1.13 bits per heavy atom. The van der Waals surface area contributed by atoms with Gasteiger partial charge in [0.15, 0.2) is 0 Å². The van der Waals surface area contributed by atoms with Gasteiger partial charge in [-0.05, 0) is 74.6 Å². The van der Waals surface area contributed by atoms with Gasteiger partial charge in [0, 0.05) is 30.8 Å². The average molecular weight is 536 g/mol. The van der Waals surface area contributed by atoms with Crippen molar-refractivity contribution in [2.45, 2.75) is 57.9 Å². The molecule has 2 atom stereocenters. The maximum absolute atomic E-state index is 13.6. The number of hydrogen-bond donors (Lipinski definition) is 2. The summed E-state index contributed by atoms with van der Waals surface area (Å²) < 4.78 is 20.4. The highest BCUT2D eigenvalue weighted by Crippen LogP contribution is 2.44. The number of carbonyl (C=O) groups is 1. The van der Waals surface area contributed by atoms with Crippen LogP contribution in [-0.4, -0.2) is 49.5 Å². The van der Waals surface area contributed by atoms with Crippen LogP contribution in [0.1, 0.15) is 68.2 Å². The molecule has 2 aromatic carbocycles. The third kappa shape index (κ3) is 5.82. The summed E-state index contributed by atoms with van der Waals surface area (Å²) in [5.41, 5.74) is 5.71. The molecule has 4 rings (SSSR count). The number of methoxy groups -OCH3 is 1. The van der Waals surface area contributed by atoms with Crippen molar-refractivity contribution in [2.75, 3.05) is 20.3 Å². The van der Waals surface area contributed by atoms with Crippen LogP contribution < -0.4 is 10.1 Å². The standard InChI is InChI=1S/C30H37N3O4S/c1-6-14-31-29(35)25-18-23-19-33(38(36)30(2,3)4)26(13-15-34)27(23)28(32-25)22-11-7-9-20(16-22)21-10-8-12-24(17-21)37-5/h7-12,16-18,26,34H,6,13-15,19H2,1-5H3,(H,31,35)/t26-,38-/m1/s1. The summed E-state index contributed by atoms with van der Waals surface area (Å²) in [6, 6.07) is 17.4. The molecule has 0 saturated heterocycles. The average Bonchev–Trinajstić information content (AvgIpc) is 3.28. The van der Waals surface area contributed by atoms with Gasteiger partial charge >= 0.3 is 0 Å². The first kappa shape index (κ1) is 28.0. The number of rotatable bonds is 9. The number of ether oxygens (including phenoxy) is 1. The van der Waals surface area contributed by atoms with Crippen LogP contribution in [0.3, 0.4) is 0 Å². The number of amides is 1. The molecule has 1 amide bonds. The Balaban J connectivity index is 1.88. The normalized spacial score (nSPS) is 16.2. The van der Waals surface area contributed by atoms with Crippen molar-refractivity contribution in [1.82, 2.24) is 14.6 Å². The van der Waals surface area contributed by atoms with Crippen LogP contribution in [0.5, 0.6) is 5.75 Å². The van der Waals surface area contributed by atoms with Gasteiger partial charge in [-0.15, -0.1) is 0 Å². The number of hydrogen-bond acceptors (Lipinski definition) is 5. The van der Waals surface area contributed by atoms with Crippen LogP contribution >= 0.6 is 0 Å². The second kappa shape index (κ2) is 11.8. The van der Waals surface area contributed by atoms with Gasteiger partial charge in [0.05, 0.1) is 23.6 Å². The molecule has 1 aliphatic heterocycles. The molecular formula is C30H37N3O4S. The molecule has 1 aromatic heterocycles. The number of fused-ring (bicyclic) bond motifs is 1. The molecule has 2 N–H and O–H groups in total. The number of aromatic nitrogens is 1. The highest BCUT2D eigenvalue weighted by Gasteiger charge is 2.40. The molecule has 0 bridgehead atoms. The predicted octanol–water partition coefficient (Wildman–Crippen LogP) is 5.27. The number of nitrogens with one attached hydrogen (secondary N) is 1. The molecule has 0 aliphatic carbocycles. The molecule has 8 heteroatoms. The maximum atomic E-state index is 13.6. The molecule has 1 aliphatic rings. The Morgan fingerprint density at radius 3 is 2.47 bits per heavy atom. The molecule has 0 spiro atoms. The van der Waals surface area contributed by atoms with E-state index in [1.807, 2.05) is 80.5 Å². The maximum Gasteiger partial charge on any atom is 0.269 e. The van der Waals surface area contributed by atoms with Crippen LogP contribution in [0.4, 0.5) is 0 Å². The number of benzene rings is 2. The van der Waals surface area contributed by atoms with Crippen molar-refractivity contribution >= 4 is 16.9 Å². The summed E-state index contributed by atoms with van der Waals surface area (Å²) in [5, 5.41) is 12.9. The third-order valence-corrected chi connectivity index (χ3v) is 8.46. The lowest BCUT2D eigenvalue weighted by Gasteiger charge is -2.30. The molecule has 2 heterocycles. The largest absolute Gasteiger partial charge is 0.497 e. The zero-order chi connectivity index (χ0) is 27.4. The molecule has 3 aromatic rings. The zero-order valence-corrected chi connectivity index (χ0v) is 23.6. The van der Waals surface area contributed by atoms with E-state index < -0.39 is 15.7 Å². The van der Waals surface area contributed by atoms with E-state index in [4.69, 9.17) is 9.72 Å². The molecule has 0 saturated carbocycles. The van der Waals surface area contributed by atoms with E-state index in [0.717, 1.165) is 40.0 Å². The van der Waals surface area contributed by atoms with Crippen molar-refractivity contribution in [3.8, 4) is 28.1 Å². The minimum atomic E-state index is -1.32. The monoisotopic (exact) mass is 535 g/mol. The van der Waals surface area contributed by atoms with Gasteiger partial charge in [-0.2, -0.15) is 0 Å². The third-order valence-electron chi connectivity index (χ3n) is 6.60. The lowest BCUT2D eigenvalue weighted by molar-refractivity contribution is 0.0948. The summed E-state index contributed by atoms with van der Waals surface area (Å²) in [4.78, 5) is 17.9. The highest BCUT2D eigenvalue weighted by molar-refractivity contribution is 7.84. The Morgan fingerprint density at radius 2 is 1.82 bits per heavy atom. The first-order valence-corrected chi connectivity index (χ1v) is 14.1. The molecule has 38 heavy (non-hydrogen) atoms. The Hall–Kier alpha value is -3.07. The van der Waals surface area contributed by atoms with Crippen LogP contribution in [0.15, 0.2) is 54.6 Å². The molecule has 7 nitrogen and oxygen atoms in total. The first-order chi connectivity index (χ1) is 18.2. The van der Waals surface area contributed by atoms with Crippen LogP contribution in [0.25, 0.3) is 22.4 Å². The van der Waals surface area contributed by atoms with Crippen molar-refractivity contribution in [2.24, 2.45) is 0 Å². The van der Waals surface area contributed by atoms with Crippen molar-refractivity contribution in [3.63, 3.8) is 0 Å². The summed E-state index contributed by atoms with van der Waals surface area (Å²) in [5.74, 6) is 0.541. The molecule has 202 valence electrons. The van der Waals surface area contributed by atoms with E-state index in [9.17, 15) is 14.1 Å². The van der Waals surface area contributed by atoms with Gasteiger partial charge in [-0.25, -0.2) is 13.5 Å². The van der Waals surface area contributed by atoms with E-state index in [1.54, 1.807) is 7.11 Å². The van der Waals surface area contributed by atoms with Gasteiger partial charge in [0.2, 0.25) is 0 Å². The van der Waals surface area contributed by atoms with Crippen LogP contribution in [0.2, 0.25) is 0 Å². The quantitative estimate of drug-likeness (QED) is 0.390. The Kier molecular flexibility index (Phi) is 8.65. The molecular weight excluding hydrogens is 498 g/mol. The fourth-order valence-corrected chi connectivity index (χ4v) is 6.19. The van der Waals surface area contributed by atoms with E-state index in [1.165, 1.54) is 0 Å². The summed E-state index contributed by atoms with van der Waals surface area (Å²) in [6.45, 7) is 8.77. The van der Waals surface area contributed by atoms with E-state index in [2.05, 4.69) is 11.4 Å². The minimum Gasteiger partial charge on any atom is -0.497 e. The first-order valence-electron chi connectivity index (χ1n) is 13.0. The van der Waals surface area contributed by atoms with E-state index >= 15 is 0 Å². The van der Waals surface area contributed by atoms with Crippen LogP contribution in [-0.2, 0) is 17.5 Å². The second-order valence-corrected chi connectivity index (χ2v) is 12.7. The zero-order valence-electron chi connectivity index (χ0n) is 22.8. The van der Waals surface area contributed by atoms with Crippen LogP contribution in [0, 0.1) is 0 Å². The predicted molar refractivity (Wildman–Crippen MR) is 152 cm³/mol. The smallest absolute Gasteiger partial charge is 0.269 e. The van der Waals surface area contributed by atoms with E-state index in [-0.39, 0.29) is 18.6 Å². The fourth-order valence-electron chi connectivity index (χ4n) is 4.78. The Labute approximate surface area is 227 Å². The van der Waals surface area contributed by atoms with Gasteiger partial charge in [0.25, 0.3) is 5.91 Å².